The van der Waals surface area contributed by atoms with E-state index in [-0.39, 0.29) is 28.7 Å². The van der Waals surface area contributed by atoms with Crippen LogP contribution in [0.3, 0.4) is 0 Å². The molecule has 2 aromatic heterocycles. The first-order valence-corrected chi connectivity index (χ1v) is 16.5. The molecule has 2 heterocycles. The first kappa shape index (κ1) is 33.2. The minimum Gasteiger partial charge on any atom is -0.310 e. The Labute approximate surface area is 294 Å². The standard InChI is InChI=1S/C43H29F6N3/c1-23-10-6-14-31-37(23)38-24(2)11-7-15-32(38)51(31)35-21-28(50-5)22-36(41(35)29-19-18-27(42(44,45)46)20-30(29)43(47,48)49)52-33-16-8-12-25(3)39(33)40-26(4)13-9-17-34(40)52/h6-22H,1-4H3. The number of aryl methyl sites for hydroxylation is 4. The van der Waals surface area contributed by atoms with Gasteiger partial charge in [0.05, 0.1) is 39.8 Å². The molecule has 0 amide bonds. The van der Waals surface area contributed by atoms with E-state index in [0.717, 1.165) is 49.9 Å². The minimum atomic E-state index is -5.16. The fourth-order valence-electron chi connectivity index (χ4n) is 7.90. The number of alkyl halides is 6. The van der Waals surface area contributed by atoms with Crippen LogP contribution < -0.4 is 0 Å². The van der Waals surface area contributed by atoms with E-state index in [2.05, 4.69) is 4.85 Å². The van der Waals surface area contributed by atoms with Crippen molar-refractivity contribution < 1.29 is 26.3 Å². The van der Waals surface area contributed by atoms with Gasteiger partial charge in [-0.3, -0.25) is 0 Å². The van der Waals surface area contributed by atoms with Crippen LogP contribution in [-0.2, 0) is 12.4 Å². The zero-order valence-corrected chi connectivity index (χ0v) is 28.4. The summed E-state index contributed by atoms with van der Waals surface area (Å²) in [6.45, 7) is 16.0. The Kier molecular flexibility index (Phi) is 7.33. The number of benzene rings is 6. The molecule has 0 aliphatic heterocycles. The summed E-state index contributed by atoms with van der Waals surface area (Å²) in [5.41, 5.74) is 3.91. The average molecular weight is 702 g/mol. The lowest BCUT2D eigenvalue weighted by atomic mass is 9.93. The molecule has 0 aliphatic carbocycles. The number of hydrogen-bond donors (Lipinski definition) is 0. The molecule has 0 unspecified atom stereocenters. The van der Waals surface area contributed by atoms with Crippen molar-refractivity contribution in [1.29, 1.82) is 0 Å². The van der Waals surface area contributed by atoms with E-state index in [9.17, 15) is 13.2 Å². The number of fused-ring (bicyclic) bond motifs is 6. The number of nitrogens with zero attached hydrogens (tertiary/aromatic N) is 3. The monoisotopic (exact) mass is 701 g/mol. The van der Waals surface area contributed by atoms with Crippen LogP contribution in [0.5, 0.6) is 0 Å². The number of aromatic nitrogens is 2. The summed E-state index contributed by atoms with van der Waals surface area (Å²) < 4.78 is 91.4. The van der Waals surface area contributed by atoms with Gasteiger partial charge in [-0.25, -0.2) is 4.85 Å². The van der Waals surface area contributed by atoms with Gasteiger partial charge in [-0.2, -0.15) is 26.3 Å². The third kappa shape index (κ3) is 4.89. The summed E-state index contributed by atoms with van der Waals surface area (Å²) >= 11 is 0. The van der Waals surface area contributed by atoms with Crippen LogP contribution in [0.25, 0.3) is 71.0 Å². The first-order chi connectivity index (χ1) is 24.7. The Morgan fingerprint density at radius 2 is 0.885 bits per heavy atom. The largest absolute Gasteiger partial charge is 0.417 e. The first-order valence-electron chi connectivity index (χ1n) is 16.5. The highest BCUT2D eigenvalue weighted by Gasteiger charge is 2.40. The third-order valence-electron chi connectivity index (χ3n) is 10.1. The lowest BCUT2D eigenvalue weighted by Crippen LogP contribution is -2.13. The predicted octanol–water partition coefficient (Wildman–Crippen LogP) is 13.4. The van der Waals surface area contributed by atoms with E-state index in [1.165, 1.54) is 12.1 Å². The summed E-state index contributed by atoms with van der Waals surface area (Å²) in [7, 11) is 0. The van der Waals surface area contributed by atoms with Crippen LogP contribution in [0, 0.1) is 34.3 Å². The highest BCUT2D eigenvalue weighted by Crippen LogP contribution is 2.49. The molecule has 8 aromatic rings. The lowest BCUT2D eigenvalue weighted by Gasteiger charge is -2.24. The van der Waals surface area contributed by atoms with Crippen LogP contribution in [0.1, 0.15) is 33.4 Å². The Balaban J connectivity index is 1.66. The van der Waals surface area contributed by atoms with Crippen molar-refractivity contribution in [3.05, 3.63) is 148 Å². The Bertz CT molecular complexity index is 2560. The molecule has 0 N–H and O–H groups in total. The maximum atomic E-state index is 15.2. The Morgan fingerprint density at radius 1 is 0.500 bits per heavy atom. The minimum absolute atomic E-state index is 0.0390. The molecular formula is C43H29F6N3. The molecule has 6 aromatic carbocycles. The lowest BCUT2D eigenvalue weighted by molar-refractivity contribution is -0.142. The van der Waals surface area contributed by atoms with Gasteiger partial charge in [0.2, 0.25) is 0 Å². The highest BCUT2D eigenvalue weighted by molar-refractivity contribution is 6.15. The second-order valence-electron chi connectivity index (χ2n) is 13.3. The van der Waals surface area contributed by atoms with Gasteiger partial charge in [0.1, 0.15) is 0 Å². The zero-order chi connectivity index (χ0) is 36.9. The normalized spacial score (nSPS) is 12.4. The summed E-state index contributed by atoms with van der Waals surface area (Å²) in [6, 6.07) is 27.7. The van der Waals surface area contributed by atoms with Gasteiger partial charge in [0.15, 0.2) is 5.69 Å². The molecule has 0 aliphatic rings. The molecule has 258 valence electrons. The fraction of sp³-hybridized carbons (Fsp3) is 0.140. The van der Waals surface area contributed by atoms with Gasteiger partial charge in [-0.15, -0.1) is 0 Å². The summed E-state index contributed by atoms with van der Waals surface area (Å²) in [4.78, 5) is 3.81. The average Bonchev–Trinajstić information content (AvgIpc) is 3.62. The number of hydrogen-bond acceptors (Lipinski definition) is 0. The van der Waals surface area contributed by atoms with E-state index in [1.807, 2.05) is 110 Å². The molecule has 0 bridgehead atoms. The molecule has 0 spiro atoms. The molecular weight excluding hydrogens is 672 g/mol. The van der Waals surface area contributed by atoms with Gasteiger partial charge < -0.3 is 9.13 Å². The van der Waals surface area contributed by atoms with Crippen molar-refractivity contribution in [2.24, 2.45) is 0 Å². The molecule has 3 nitrogen and oxygen atoms in total. The van der Waals surface area contributed by atoms with Crippen molar-refractivity contribution in [1.82, 2.24) is 9.13 Å². The molecule has 0 radical (unpaired) electrons. The second kappa shape index (κ2) is 11.5. The van der Waals surface area contributed by atoms with E-state index in [0.29, 0.717) is 28.1 Å². The smallest absolute Gasteiger partial charge is 0.310 e. The molecule has 52 heavy (non-hydrogen) atoms. The molecule has 0 atom stereocenters. The number of rotatable bonds is 3. The van der Waals surface area contributed by atoms with E-state index < -0.39 is 29.0 Å². The SMILES string of the molecule is [C-]#[N+]c1cc(-n2c3cccc(C)c3c3c(C)cccc32)c(-c2ccc(C(F)(F)F)cc2C(F)(F)F)c(-n2c3cccc(C)c3c3c(C)cccc32)c1. The fourth-order valence-corrected chi connectivity index (χ4v) is 7.90. The molecule has 9 heteroatoms. The van der Waals surface area contributed by atoms with E-state index in [1.54, 1.807) is 0 Å². The van der Waals surface area contributed by atoms with Crippen molar-refractivity contribution in [2.45, 2.75) is 40.0 Å². The van der Waals surface area contributed by atoms with Crippen LogP contribution in [0.4, 0.5) is 32.0 Å². The maximum Gasteiger partial charge on any atom is 0.417 e. The Hall–Kier alpha value is -6.01. The number of halogens is 6. The zero-order valence-electron chi connectivity index (χ0n) is 28.4. The van der Waals surface area contributed by atoms with Crippen molar-refractivity contribution in [2.75, 3.05) is 0 Å². The van der Waals surface area contributed by atoms with E-state index >= 15 is 13.2 Å². The van der Waals surface area contributed by atoms with Crippen LogP contribution in [0.15, 0.2) is 103 Å². The van der Waals surface area contributed by atoms with Crippen molar-refractivity contribution in [3.8, 4) is 22.5 Å². The van der Waals surface area contributed by atoms with Crippen molar-refractivity contribution >= 4 is 49.3 Å². The second-order valence-corrected chi connectivity index (χ2v) is 13.3. The van der Waals surface area contributed by atoms with Crippen LogP contribution in [0.2, 0.25) is 0 Å². The molecule has 8 rings (SSSR count). The van der Waals surface area contributed by atoms with E-state index in [4.69, 9.17) is 6.57 Å². The van der Waals surface area contributed by atoms with Gasteiger partial charge in [-0.05, 0) is 104 Å². The van der Waals surface area contributed by atoms with Crippen LogP contribution in [-0.4, -0.2) is 9.13 Å². The Morgan fingerprint density at radius 3 is 1.21 bits per heavy atom. The highest BCUT2D eigenvalue weighted by atomic mass is 19.4. The molecule has 0 saturated heterocycles. The molecule has 0 saturated carbocycles. The van der Waals surface area contributed by atoms with Gasteiger partial charge in [-0.1, -0.05) is 54.6 Å². The quantitative estimate of drug-likeness (QED) is 0.129. The summed E-state index contributed by atoms with van der Waals surface area (Å²) in [5.74, 6) is 0. The van der Waals surface area contributed by atoms with Gasteiger partial charge in [0.25, 0.3) is 0 Å². The topological polar surface area (TPSA) is 14.2 Å². The van der Waals surface area contributed by atoms with Gasteiger partial charge in [0, 0.05) is 38.5 Å². The third-order valence-corrected chi connectivity index (χ3v) is 10.1. The van der Waals surface area contributed by atoms with Crippen molar-refractivity contribution in [3.63, 3.8) is 0 Å². The van der Waals surface area contributed by atoms with Gasteiger partial charge >= 0.3 is 12.4 Å². The summed E-state index contributed by atoms with van der Waals surface area (Å²) in [5, 5.41) is 3.57. The maximum absolute atomic E-state index is 15.2. The summed E-state index contributed by atoms with van der Waals surface area (Å²) in [6.07, 6.45) is -10.2. The molecule has 0 fully saturated rings. The predicted molar refractivity (Wildman–Crippen MR) is 196 cm³/mol. The van der Waals surface area contributed by atoms with Crippen LogP contribution >= 0.6 is 0 Å².